The van der Waals surface area contributed by atoms with Gasteiger partial charge in [0, 0.05) is 25.3 Å². The number of nitrogens with one attached hydrogen (secondary N) is 2. The maximum atomic E-state index is 13.4. The Morgan fingerprint density at radius 2 is 2.14 bits per heavy atom. The second kappa shape index (κ2) is 8.02. The normalized spacial score (nSPS) is 13.8. The second-order valence-electron chi connectivity index (χ2n) is 4.99. The van der Waals surface area contributed by atoms with Gasteiger partial charge in [0.1, 0.15) is 11.6 Å². The molecule has 1 atom stereocenters. The predicted octanol–water partition coefficient (Wildman–Crippen LogP) is 1.28. The summed E-state index contributed by atoms with van der Waals surface area (Å²) < 4.78 is 31.2. The van der Waals surface area contributed by atoms with Crippen LogP contribution in [0.3, 0.4) is 0 Å². The minimum absolute atomic E-state index is 0.0545. The number of carbonyl (C=O) groups excluding carboxylic acids is 1. The number of halogens is 2. The summed E-state index contributed by atoms with van der Waals surface area (Å²) in [5.74, 6) is -2.02. The highest BCUT2D eigenvalue weighted by atomic mass is 19.1. The van der Waals surface area contributed by atoms with Crippen LogP contribution >= 0.6 is 0 Å². The zero-order chi connectivity index (χ0) is 15.9. The van der Waals surface area contributed by atoms with Gasteiger partial charge in [-0.05, 0) is 25.5 Å². The zero-order valence-corrected chi connectivity index (χ0v) is 12.1. The van der Waals surface area contributed by atoms with Crippen LogP contribution in [0.4, 0.5) is 14.5 Å². The van der Waals surface area contributed by atoms with Gasteiger partial charge in [0.05, 0.1) is 18.8 Å². The molecule has 21 heavy (non-hydrogen) atoms. The van der Waals surface area contributed by atoms with Crippen molar-refractivity contribution in [3.05, 3.63) is 29.8 Å². The van der Waals surface area contributed by atoms with E-state index >= 15 is 0 Å². The lowest BCUT2D eigenvalue weighted by Crippen LogP contribution is -2.49. The Labute approximate surface area is 122 Å². The van der Waals surface area contributed by atoms with Gasteiger partial charge in [-0.2, -0.15) is 0 Å². The number of aliphatic hydroxyl groups is 1. The van der Waals surface area contributed by atoms with E-state index < -0.39 is 23.1 Å². The number of methoxy groups -OCH3 is 1. The highest BCUT2D eigenvalue weighted by Crippen LogP contribution is 2.15. The van der Waals surface area contributed by atoms with Crippen LogP contribution in [0, 0.1) is 11.6 Å². The number of carbonyl (C=O) groups is 1. The molecule has 0 radical (unpaired) electrons. The third kappa shape index (κ3) is 5.74. The summed E-state index contributed by atoms with van der Waals surface area (Å²) in [4.78, 5) is 11.8. The molecule has 0 aliphatic carbocycles. The van der Waals surface area contributed by atoms with E-state index in [-0.39, 0.29) is 18.8 Å². The molecule has 0 aliphatic rings. The number of hydrogen-bond donors (Lipinski definition) is 3. The van der Waals surface area contributed by atoms with Gasteiger partial charge in [0.15, 0.2) is 0 Å². The summed E-state index contributed by atoms with van der Waals surface area (Å²) in [7, 11) is 1.52. The fourth-order valence-corrected chi connectivity index (χ4v) is 1.86. The van der Waals surface area contributed by atoms with Crippen molar-refractivity contribution in [1.29, 1.82) is 0 Å². The number of amides is 1. The SMILES string of the molecule is COCC(C)(CCO)NCC(=O)Nc1ccc(F)cc1F. The average Bonchev–Trinajstić information content (AvgIpc) is 2.40. The molecule has 0 spiro atoms. The molecule has 3 N–H and O–H groups in total. The number of anilines is 1. The second-order valence-corrected chi connectivity index (χ2v) is 4.99. The highest BCUT2D eigenvalue weighted by Gasteiger charge is 2.24. The minimum Gasteiger partial charge on any atom is -0.396 e. The third-order valence-corrected chi connectivity index (χ3v) is 3.01. The van der Waals surface area contributed by atoms with Gasteiger partial charge in [-0.1, -0.05) is 0 Å². The van der Waals surface area contributed by atoms with Crippen LogP contribution in [-0.2, 0) is 9.53 Å². The average molecular weight is 302 g/mol. The van der Waals surface area contributed by atoms with Crippen LogP contribution in [0.15, 0.2) is 18.2 Å². The van der Waals surface area contributed by atoms with Crippen molar-refractivity contribution in [2.75, 3.05) is 32.2 Å². The standard InChI is InChI=1S/C14H20F2N2O3/c1-14(5-6-19,9-21-2)17-8-13(20)18-12-4-3-10(15)7-11(12)16/h3-4,7,17,19H,5-6,8-9H2,1-2H3,(H,18,20). The maximum absolute atomic E-state index is 13.4. The zero-order valence-electron chi connectivity index (χ0n) is 12.1. The van der Waals surface area contributed by atoms with E-state index in [0.717, 1.165) is 12.1 Å². The van der Waals surface area contributed by atoms with E-state index in [9.17, 15) is 13.6 Å². The van der Waals surface area contributed by atoms with Crippen molar-refractivity contribution in [2.24, 2.45) is 0 Å². The monoisotopic (exact) mass is 302 g/mol. The van der Waals surface area contributed by atoms with Gasteiger partial charge in [0.25, 0.3) is 0 Å². The molecular weight excluding hydrogens is 282 g/mol. The van der Waals surface area contributed by atoms with E-state index in [1.807, 2.05) is 0 Å². The molecule has 7 heteroatoms. The van der Waals surface area contributed by atoms with Crippen molar-refractivity contribution < 1.29 is 23.4 Å². The summed E-state index contributed by atoms with van der Waals surface area (Å²) in [5.41, 5.74) is -0.652. The summed E-state index contributed by atoms with van der Waals surface area (Å²) >= 11 is 0. The largest absolute Gasteiger partial charge is 0.396 e. The van der Waals surface area contributed by atoms with Crippen molar-refractivity contribution in [3.63, 3.8) is 0 Å². The Morgan fingerprint density at radius 1 is 1.43 bits per heavy atom. The van der Waals surface area contributed by atoms with Crippen LogP contribution < -0.4 is 10.6 Å². The first-order chi connectivity index (χ1) is 9.90. The molecule has 0 saturated carbocycles. The molecule has 118 valence electrons. The Hall–Kier alpha value is -1.57. The lowest BCUT2D eigenvalue weighted by Gasteiger charge is -2.29. The van der Waals surface area contributed by atoms with E-state index in [1.54, 1.807) is 6.92 Å². The van der Waals surface area contributed by atoms with Crippen LogP contribution in [0.25, 0.3) is 0 Å². The molecule has 1 aromatic rings. The van der Waals surface area contributed by atoms with E-state index in [0.29, 0.717) is 19.1 Å². The van der Waals surface area contributed by atoms with Gasteiger partial charge in [0.2, 0.25) is 5.91 Å². The summed E-state index contributed by atoms with van der Waals surface area (Å²) in [6, 6.07) is 2.92. The first-order valence-corrected chi connectivity index (χ1v) is 6.50. The first-order valence-electron chi connectivity index (χ1n) is 6.50. The molecule has 0 bridgehead atoms. The quantitative estimate of drug-likeness (QED) is 0.676. The number of ether oxygens (including phenoxy) is 1. The van der Waals surface area contributed by atoms with Crippen LogP contribution in [0.5, 0.6) is 0 Å². The van der Waals surface area contributed by atoms with Crippen LogP contribution in [-0.4, -0.2) is 43.4 Å². The minimum atomic E-state index is -0.835. The molecule has 5 nitrogen and oxygen atoms in total. The third-order valence-electron chi connectivity index (χ3n) is 3.01. The lowest BCUT2D eigenvalue weighted by molar-refractivity contribution is -0.116. The molecule has 1 amide bonds. The number of benzene rings is 1. The van der Waals surface area contributed by atoms with Gasteiger partial charge in [-0.25, -0.2) is 8.78 Å². The number of rotatable bonds is 8. The molecule has 0 saturated heterocycles. The first kappa shape index (κ1) is 17.5. The Kier molecular flexibility index (Phi) is 6.67. The summed E-state index contributed by atoms with van der Waals surface area (Å²) in [6.07, 6.45) is 0.402. The van der Waals surface area contributed by atoms with Crippen molar-refractivity contribution >= 4 is 11.6 Å². The van der Waals surface area contributed by atoms with Crippen molar-refractivity contribution in [3.8, 4) is 0 Å². The Balaban J connectivity index is 2.56. The molecule has 1 rings (SSSR count). The fourth-order valence-electron chi connectivity index (χ4n) is 1.86. The number of hydrogen-bond acceptors (Lipinski definition) is 4. The van der Waals surface area contributed by atoms with Crippen LogP contribution in [0.1, 0.15) is 13.3 Å². The molecule has 0 fully saturated rings. The van der Waals surface area contributed by atoms with Gasteiger partial charge in [-0.15, -0.1) is 0 Å². The van der Waals surface area contributed by atoms with Crippen molar-refractivity contribution in [1.82, 2.24) is 5.32 Å². The van der Waals surface area contributed by atoms with Gasteiger partial charge in [-0.3, -0.25) is 4.79 Å². The smallest absolute Gasteiger partial charge is 0.238 e. The van der Waals surface area contributed by atoms with E-state index in [1.165, 1.54) is 7.11 Å². The van der Waals surface area contributed by atoms with Gasteiger partial charge >= 0.3 is 0 Å². The lowest BCUT2D eigenvalue weighted by atomic mass is 9.99. The highest BCUT2D eigenvalue weighted by molar-refractivity contribution is 5.92. The van der Waals surface area contributed by atoms with Gasteiger partial charge < -0.3 is 20.5 Å². The van der Waals surface area contributed by atoms with E-state index in [4.69, 9.17) is 9.84 Å². The summed E-state index contributed by atoms with van der Waals surface area (Å²) in [6.45, 7) is 1.97. The van der Waals surface area contributed by atoms with Crippen LogP contribution in [0.2, 0.25) is 0 Å². The Morgan fingerprint density at radius 3 is 2.71 bits per heavy atom. The predicted molar refractivity (Wildman–Crippen MR) is 75.0 cm³/mol. The fraction of sp³-hybridized carbons (Fsp3) is 0.500. The molecule has 0 aromatic heterocycles. The van der Waals surface area contributed by atoms with E-state index in [2.05, 4.69) is 10.6 Å². The molecule has 0 aliphatic heterocycles. The molecule has 1 unspecified atom stereocenters. The molecular formula is C14H20F2N2O3. The molecule has 0 heterocycles. The summed E-state index contributed by atoms with van der Waals surface area (Å²) in [5, 5.41) is 14.3. The maximum Gasteiger partial charge on any atom is 0.238 e. The topological polar surface area (TPSA) is 70.6 Å². The molecule has 1 aromatic carbocycles. The van der Waals surface area contributed by atoms with Crippen molar-refractivity contribution in [2.45, 2.75) is 18.9 Å². The Bertz CT molecular complexity index is 477. The number of aliphatic hydroxyl groups excluding tert-OH is 1.